The first-order chi connectivity index (χ1) is 8.78. The van der Waals surface area contributed by atoms with E-state index < -0.39 is 0 Å². The summed E-state index contributed by atoms with van der Waals surface area (Å²) in [6.45, 7) is 1.85. The fraction of sp³-hybridized carbons (Fsp3) is 0.600. The lowest BCUT2D eigenvalue weighted by molar-refractivity contribution is 0.0540. The summed E-state index contributed by atoms with van der Waals surface area (Å²) < 4.78 is 18.4. The molecule has 0 saturated carbocycles. The third-order valence-corrected chi connectivity index (χ3v) is 3.68. The number of aliphatic hydroxyl groups is 1. The van der Waals surface area contributed by atoms with E-state index in [1.807, 2.05) is 6.07 Å². The van der Waals surface area contributed by atoms with Gasteiger partial charge in [-0.3, -0.25) is 0 Å². The Morgan fingerprint density at radius 2 is 2.11 bits per heavy atom. The zero-order valence-corrected chi connectivity index (χ0v) is 10.6. The molecule has 1 heterocycles. The average Bonchev–Trinajstić information content (AvgIpc) is 2.39. The molecule has 1 aromatic carbocycles. The zero-order valence-electron chi connectivity index (χ0n) is 10.6. The van der Waals surface area contributed by atoms with Gasteiger partial charge in [0.25, 0.3) is 0 Å². The molecule has 0 aromatic heterocycles. The highest BCUT2D eigenvalue weighted by Crippen LogP contribution is 2.25. The molecule has 1 aromatic rings. The van der Waals surface area contributed by atoms with Gasteiger partial charge in [0.05, 0.1) is 0 Å². The van der Waals surface area contributed by atoms with Gasteiger partial charge in [-0.15, -0.1) is 0 Å². The predicted octanol–water partition coefficient (Wildman–Crippen LogP) is 2.79. The second-order valence-corrected chi connectivity index (χ2v) is 5.17. The van der Waals surface area contributed by atoms with Crippen LogP contribution in [0.4, 0.5) is 4.39 Å². The molecule has 1 N–H and O–H groups in total. The van der Waals surface area contributed by atoms with E-state index in [0.29, 0.717) is 5.92 Å². The van der Waals surface area contributed by atoms with Crippen LogP contribution in [0.5, 0.6) is 0 Å². The van der Waals surface area contributed by atoms with Crippen LogP contribution < -0.4 is 0 Å². The summed E-state index contributed by atoms with van der Waals surface area (Å²) in [5, 5.41) is 9.46. The summed E-state index contributed by atoms with van der Waals surface area (Å²) in [4.78, 5) is 0. The summed E-state index contributed by atoms with van der Waals surface area (Å²) in [5.41, 5.74) is 0.973. The first-order valence-corrected chi connectivity index (χ1v) is 6.71. The molecular formula is C15H21FO2. The number of ether oxygens (including phenoxy) is 1. The highest BCUT2D eigenvalue weighted by molar-refractivity contribution is 5.16. The largest absolute Gasteiger partial charge is 0.396 e. The molecule has 1 atom stereocenters. The monoisotopic (exact) mass is 252 g/mol. The van der Waals surface area contributed by atoms with Crippen molar-refractivity contribution in [3.05, 3.63) is 35.6 Å². The van der Waals surface area contributed by atoms with Crippen molar-refractivity contribution < 1.29 is 14.2 Å². The number of aliphatic hydroxyl groups excluding tert-OH is 1. The van der Waals surface area contributed by atoms with Gasteiger partial charge in [-0.25, -0.2) is 4.39 Å². The Balaban J connectivity index is 1.88. The molecule has 0 amide bonds. The van der Waals surface area contributed by atoms with E-state index in [1.165, 1.54) is 6.07 Å². The molecule has 100 valence electrons. The number of benzene rings is 1. The molecule has 1 aliphatic rings. The minimum absolute atomic E-state index is 0.174. The number of hydrogen-bond donors (Lipinski definition) is 1. The summed E-state index contributed by atoms with van der Waals surface area (Å²) >= 11 is 0. The van der Waals surface area contributed by atoms with E-state index in [2.05, 4.69) is 0 Å². The van der Waals surface area contributed by atoms with Crippen LogP contribution in [-0.4, -0.2) is 24.9 Å². The van der Waals surface area contributed by atoms with Crippen molar-refractivity contribution in [3.63, 3.8) is 0 Å². The molecule has 0 spiro atoms. The van der Waals surface area contributed by atoms with E-state index in [-0.39, 0.29) is 18.3 Å². The minimum atomic E-state index is -0.199. The average molecular weight is 252 g/mol. The van der Waals surface area contributed by atoms with Crippen LogP contribution in [0.25, 0.3) is 0 Å². The van der Waals surface area contributed by atoms with E-state index in [4.69, 9.17) is 4.74 Å². The third kappa shape index (κ3) is 4.07. The first kappa shape index (κ1) is 13.5. The smallest absolute Gasteiger partial charge is 0.123 e. The van der Waals surface area contributed by atoms with Crippen LogP contribution in [0.2, 0.25) is 0 Å². The number of hydrogen-bond acceptors (Lipinski definition) is 2. The maximum Gasteiger partial charge on any atom is 0.123 e. The Kier molecular flexibility index (Phi) is 5.14. The molecule has 0 radical (unpaired) electrons. The van der Waals surface area contributed by atoms with Gasteiger partial charge in [-0.2, -0.15) is 0 Å². The Morgan fingerprint density at radius 1 is 1.33 bits per heavy atom. The molecule has 1 unspecified atom stereocenters. The standard InChI is InChI=1S/C15H21FO2/c16-15-3-1-2-13(10-15)9-14(11-17)8-12-4-6-18-7-5-12/h1-3,10,12,14,17H,4-9,11H2. The van der Waals surface area contributed by atoms with Crippen LogP contribution >= 0.6 is 0 Å². The lowest BCUT2D eigenvalue weighted by Gasteiger charge is -2.25. The topological polar surface area (TPSA) is 29.5 Å². The normalized spacial score (nSPS) is 18.8. The Labute approximate surface area is 108 Å². The van der Waals surface area contributed by atoms with Gasteiger partial charge in [-0.05, 0) is 55.2 Å². The van der Waals surface area contributed by atoms with Gasteiger partial charge in [0, 0.05) is 19.8 Å². The molecule has 1 aliphatic heterocycles. The van der Waals surface area contributed by atoms with Crippen molar-refractivity contribution in [2.75, 3.05) is 19.8 Å². The zero-order chi connectivity index (χ0) is 12.8. The Hall–Kier alpha value is -0.930. The fourth-order valence-corrected chi connectivity index (χ4v) is 2.67. The summed E-state index contributed by atoms with van der Waals surface area (Å²) in [7, 11) is 0. The van der Waals surface area contributed by atoms with Crippen LogP contribution in [0.15, 0.2) is 24.3 Å². The van der Waals surface area contributed by atoms with Crippen molar-refractivity contribution in [1.82, 2.24) is 0 Å². The van der Waals surface area contributed by atoms with Crippen LogP contribution in [-0.2, 0) is 11.2 Å². The van der Waals surface area contributed by atoms with Crippen LogP contribution in [0, 0.1) is 17.7 Å². The fourth-order valence-electron chi connectivity index (χ4n) is 2.67. The van der Waals surface area contributed by atoms with E-state index in [1.54, 1.807) is 12.1 Å². The molecule has 2 nitrogen and oxygen atoms in total. The molecule has 0 aliphatic carbocycles. The van der Waals surface area contributed by atoms with Crippen molar-refractivity contribution in [3.8, 4) is 0 Å². The molecule has 18 heavy (non-hydrogen) atoms. The molecule has 1 fully saturated rings. The number of halogens is 1. The van der Waals surface area contributed by atoms with Gasteiger partial charge in [-0.1, -0.05) is 12.1 Å². The summed E-state index contributed by atoms with van der Waals surface area (Å²) in [6.07, 6.45) is 3.93. The Morgan fingerprint density at radius 3 is 2.78 bits per heavy atom. The molecule has 2 rings (SSSR count). The number of rotatable bonds is 5. The second kappa shape index (κ2) is 6.86. The van der Waals surface area contributed by atoms with Crippen LogP contribution in [0.1, 0.15) is 24.8 Å². The molecule has 0 bridgehead atoms. The lowest BCUT2D eigenvalue weighted by atomic mass is 9.86. The summed E-state index contributed by atoms with van der Waals surface area (Å²) in [6, 6.07) is 6.67. The lowest BCUT2D eigenvalue weighted by Crippen LogP contribution is -2.21. The molecular weight excluding hydrogens is 231 g/mol. The highest BCUT2D eigenvalue weighted by Gasteiger charge is 2.19. The SMILES string of the molecule is OCC(Cc1cccc(F)c1)CC1CCOCC1. The van der Waals surface area contributed by atoms with Crippen molar-refractivity contribution in [2.24, 2.45) is 11.8 Å². The molecule has 3 heteroatoms. The van der Waals surface area contributed by atoms with E-state index in [9.17, 15) is 9.50 Å². The highest BCUT2D eigenvalue weighted by atomic mass is 19.1. The predicted molar refractivity (Wildman–Crippen MR) is 68.8 cm³/mol. The van der Waals surface area contributed by atoms with Gasteiger partial charge < -0.3 is 9.84 Å². The van der Waals surface area contributed by atoms with Crippen molar-refractivity contribution >= 4 is 0 Å². The van der Waals surface area contributed by atoms with Crippen molar-refractivity contribution in [2.45, 2.75) is 25.7 Å². The maximum absolute atomic E-state index is 13.1. The molecule has 1 saturated heterocycles. The van der Waals surface area contributed by atoms with Gasteiger partial charge in [0.1, 0.15) is 5.82 Å². The maximum atomic E-state index is 13.1. The summed E-state index contributed by atoms with van der Waals surface area (Å²) in [5.74, 6) is 0.676. The van der Waals surface area contributed by atoms with E-state index in [0.717, 1.165) is 44.5 Å². The van der Waals surface area contributed by atoms with Crippen molar-refractivity contribution in [1.29, 1.82) is 0 Å². The first-order valence-electron chi connectivity index (χ1n) is 6.71. The third-order valence-electron chi connectivity index (χ3n) is 3.68. The van der Waals surface area contributed by atoms with Gasteiger partial charge >= 0.3 is 0 Å². The van der Waals surface area contributed by atoms with Crippen LogP contribution in [0.3, 0.4) is 0 Å². The minimum Gasteiger partial charge on any atom is -0.396 e. The quantitative estimate of drug-likeness (QED) is 0.873. The van der Waals surface area contributed by atoms with E-state index >= 15 is 0 Å². The van der Waals surface area contributed by atoms with Gasteiger partial charge in [0.2, 0.25) is 0 Å². The second-order valence-electron chi connectivity index (χ2n) is 5.17. The van der Waals surface area contributed by atoms with Gasteiger partial charge in [0.15, 0.2) is 0 Å². The Bertz CT molecular complexity index is 361.